The minimum Gasteiger partial charge on any atom is -0.329 e. The highest BCUT2D eigenvalue weighted by molar-refractivity contribution is 6.30. The fourth-order valence-corrected chi connectivity index (χ4v) is 1.93. The summed E-state index contributed by atoms with van der Waals surface area (Å²) < 4.78 is 13.0. The molecule has 17 heavy (non-hydrogen) atoms. The summed E-state index contributed by atoms with van der Waals surface area (Å²) in [6.07, 6.45) is 2.31. The predicted molar refractivity (Wildman–Crippen MR) is 70.6 cm³/mol. The molecule has 1 aromatic rings. The van der Waals surface area contributed by atoms with Gasteiger partial charge in [-0.2, -0.15) is 0 Å². The molecule has 0 aliphatic rings. The van der Waals surface area contributed by atoms with Crippen molar-refractivity contribution in [2.24, 2.45) is 5.73 Å². The second kappa shape index (κ2) is 7.64. The Morgan fingerprint density at radius 1 is 1.35 bits per heavy atom. The molecule has 0 aromatic heterocycles. The lowest BCUT2D eigenvalue weighted by Crippen LogP contribution is -2.30. The highest BCUT2D eigenvalue weighted by Crippen LogP contribution is 2.17. The van der Waals surface area contributed by atoms with Crippen LogP contribution in [0.4, 0.5) is 4.39 Å². The molecule has 1 rings (SSSR count). The van der Waals surface area contributed by atoms with Gasteiger partial charge in [-0.05, 0) is 30.7 Å². The van der Waals surface area contributed by atoms with Gasteiger partial charge in [-0.25, -0.2) is 4.39 Å². The molecule has 96 valence electrons. The summed E-state index contributed by atoms with van der Waals surface area (Å²) in [6, 6.07) is 4.88. The van der Waals surface area contributed by atoms with E-state index in [1.165, 1.54) is 6.07 Å². The van der Waals surface area contributed by atoms with Crippen molar-refractivity contribution in [2.75, 3.05) is 19.6 Å². The third-order valence-corrected chi connectivity index (χ3v) is 2.95. The largest absolute Gasteiger partial charge is 0.329 e. The maximum absolute atomic E-state index is 13.0. The molecule has 0 atom stereocenters. The predicted octanol–water partition coefficient (Wildman–Crippen LogP) is 3.04. The van der Waals surface area contributed by atoms with Crippen LogP contribution in [-0.2, 0) is 6.54 Å². The molecular formula is C13H20ClFN2. The van der Waals surface area contributed by atoms with Crippen LogP contribution in [0.15, 0.2) is 18.2 Å². The minimum absolute atomic E-state index is 0.186. The van der Waals surface area contributed by atoms with Crippen LogP contribution in [0.3, 0.4) is 0 Å². The molecular weight excluding hydrogens is 239 g/mol. The Morgan fingerprint density at radius 3 is 2.71 bits per heavy atom. The fraction of sp³-hybridized carbons (Fsp3) is 0.538. The molecule has 0 aliphatic carbocycles. The molecule has 2 nitrogen and oxygen atoms in total. The Balaban J connectivity index is 2.61. The summed E-state index contributed by atoms with van der Waals surface area (Å²) in [5.74, 6) is -0.366. The van der Waals surface area contributed by atoms with E-state index in [1.54, 1.807) is 12.1 Å². The highest BCUT2D eigenvalue weighted by atomic mass is 35.5. The van der Waals surface area contributed by atoms with Gasteiger partial charge in [0.2, 0.25) is 0 Å². The van der Waals surface area contributed by atoms with E-state index in [1.807, 2.05) is 0 Å². The molecule has 2 N–H and O–H groups in total. The summed E-state index contributed by atoms with van der Waals surface area (Å²) in [4.78, 5) is 2.27. The Morgan fingerprint density at radius 2 is 2.12 bits per heavy atom. The van der Waals surface area contributed by atoms with Crippen molar-refractivity contribution in [3.8, 4) is 0 Å². The molecule has 0 bridgehead atoms. The number of nitrogens with zero attached hydrogens (tertiary/aromatic N) is 1. The fourth-order valence-electron chi connectivity index (χ4n) is 1.73. The Bertz CT molecular complexity index is 344. The molecule has 0 heterocycles. The smallest absolute Gasteiger partial charge is 0.141 e. The quantitative estimate of drug-likeness (QED) is 0.815. The van der Waals surface area contributed by atoms with Crippen molar-refractivity contribution in [1.82, 2.24) is 4.90 Å². The summed E-state index contributed by atoms with van der Waals surface area (Å²) in [5, 5.41) is 0.186. The summed E-state index contributed by atoms with van der Waals surface area (Å²) in [7, 11) is 0. The van der Waals surface area contributed by atoms with Crippen LogP contribution >= 0.6 is 11.6 Å². The normalized spacial score (nSPS) is 11.1. The average molecular weight is 259 g/mol. The van der Waals surface area contributed by atoms with Crippen molar-refractivity contribution >= 4 is 11.6 Å². The van der Waals surface area contributed by atoms with Crippen LogP contribution in [0.2, 0.25) is 5.02 Å². The Labute approximate surface area is 108 Å². The van der Waals surface area contributed by atoms with Gasteiger partial charge in [-0.1, -0.05) is 31.0 Å². The van der Waals surface area contributed by atoms with Crippen LogP contribution in [0, 0.1) is 5.82 Å². The molecule has 0 spiro atoms. The van der Waals surface area contributed by atoms with Gasteiger partial charge < -0.3 is 5.73 Å². The molecule has 0 saturated heterocycles. The first-order valence-electron chi connectivity index (χ1n) is 6.03. The zero-order chi connectivity index (χ0) is 12.7. The van der Waals surface area contributed by atoms with Gasteiger partial charge in [0.05, 0.1) is 5.02 Å². The van der Waals surface area contributed by atoms with E-state index >= 15 is 0 Å². The molecule has 0 saturated carbocycles. The molecule has 0 radical (unpaired) electrons. The SMILES string of the molecule is CCCCN(CCN)Cc1ccc(F)c(Cl)c1. The number of nitrogens with two attached hydrogens (primary N) is 1. The van der Waals surface area contributed by atoms with Crippen molar-refractivity contribution in [1.29, 1.82) is 0 Å². The third kappa shape index (κ3) is 5.02. The number of unbranched alkanes of at least 4 members (excludes halogenated alkanes) is 1. The van der Waals surface area contributed by atoms with Crippen molar-refractivity contribution in [3.63, 3.8) is 0 Å². The lowest BCUT2D eigenvalue weighted by Gasteiger charge is -2.21. The average Bonchev–Trinajstić information content (AvgIpc) is 2.31. The monoisotopic (exact) mass is 258 g/mol. The van der Waals surface area contributed by atoms with Gasteiger partial charge in [-0.3, -0.25) is 4.90 Å². The number of halogens is 2. The summed E-state index contributed by atoms with van der Waals surface area (Å²) in [5.41, 5.74) is 6.61. The van der Waals surface area contributed by atoms with Gasteiger partial charge in [0, 0.05) is 19.6 Å². The maximum atomic E-state index is 13.0. The minimum atomic E-state index is -0.366. The third-order valence-electron chi connectivity index (χ3n) is 2.66. The lowest BCUT2D eigenvalue weighted by molar-refractivity contribution is 0.268. The van der Waals surface area contributed by atoms with Gasteiger partial charge in [0.1, 0.15) is 5.82 Å². The maximum Gasteiger partial charge on any atom is 0.141 e. The van der Waals surface area contributed by atoms with Crippen LogP contribution in [0.25, 0.3) is 0 Å². The number of benzene rings is 1. The Hall–Kier alpha value is -0.640. The number of hydrogen-bond acceptors (Lipinski definition) is 2. The second-order valence-corrected chi connectivity index (χ2v) is 4.57. The van der Waals surface area contributed by atoms with E-state index in [0.29, 0.717) is 6.54 Å². The topological polar surface area (TPSA) is 29.3 Å². The van der Waals surface area contributed by atoms with Crippen LogP contribution in [0.1, 0.15) is 25.3 Å². The summed E-state index contributed by atoms with van der Waals surface area (Å²) in [6.45, 7) is 5.45. The van der Waals surface area contributed by atoms with Gasteiger partial charge in [0.25, 0.3) is 0 Å². The molecule has 1 aromatic carbocycles. The van der Waals surface area contributed by atoms with E-state index < -0.39 is 0 Å². The molecule has 0 fully saturated rings. The molecule has 0 unspecified atom stereocenters. The second-order valence-electron chi connectivity index (χ2n) is 4.17. The molecule has 0 amide bonds. The van der Waals surface area contributed by atoms with Crippen molar-refractivity contribution in [2.45, 2.75) is 26.3 Å². The van der Waals surface area contributed by atoms with Crippen LogP contribution in [-0.4, -0.2) is 24.5 Å². The first-order chi connectivity index (χ1) is 8.17. The molecule has 4 heteroatoms. The van der Waals surface area contributed by atoms with Gasteiger partial charge in [-0.15, -0.1) is 0 Å². The number of rotatable bonds is 7. The Kier molecular flexibility index (Phi) is 6.48. The number of hydrogen-bond donors (Lipinski definition) is 1. The van der Waals surface area contributed by atoms with Gasteiger partial charge >= 0.3 is 0 Å². The van der Waals surface area contributed by atoms with Crippen molar-refractivity contribution < 1.29 is 4.39 Å². The van der Waals surface area contributed by atoms with E-state index in [-0.39, 0.29) is 10.8 Å². The lowest BCUT2D eigenvalue weighted by atomic mass is 10.2. The van der Waals surface area contributed by atoms with E-state index in [2.05, 4.69) is 11.8 Å². The van der Waals surface area contributed by atoms with Crippen LogP contribution < -0.4 is 5.73 Å². The molecule has 0 aliphatic heterocycles. The first-order valence-corrected chi connectivity index (χ1v) is 6.41. The first kappa shape index (κ1) is 14.4. The van der Waals surface area contributed by atoms with Crippen LogP contribution in [0.5, 0.6) is 0 Å². The van der Waals surface area contributed by atoms with E-state index in [9.17, 15) is 4.39 Å². The zero-order valence-corrected chi connectivity index (χ0v) is 11.0. The van der Waals surface area contributed by atoms with Crippen molar-refractivity contribution in [3.05, 3.63) is 34.6 Å². The highest BCUT2D eigenvalue weighted by Gasteiger charge is 2.06. The van der Waals surface area contributed by atoms with Gasteiger partial charge in [0.15, 0.2) is 0 Å². The standard InChI is InChI=1S/C13H20ClFN2/c1-2-3-7-17(8-6-16)10-11-4-5-13(15)12(14)9-11/h4-5,9H,2-3,6-8,10,16H2,1H3. The van der Waals surface area contributed by atoms with E-state index in [0.717, 1.165) is 38.0 Å². The zero-order valence-electron chi connectivity index (χ0n) is 10.3. The van der Waals surface area contributed by atoms with E-state index in [4.69, 9.17) is 17.3 Å². The summed E-state index contributed by atoms with van der Waals surface area (Å²) >= 11 is 5.76.